The van der Waals surface area contributed by atoms with E-state index in [0.29, 0.717) is 5.82 Å². The Kier molecular flexibility index (Phi) is 6.96. The van der Waals surface area contributed by atoms with E-state index in [1.807, 2.05) is 0 Å². The van der Waals surface area contributed by atoms with E-state index in [9.17, 15) is 0 Å². The largest absolute Gasteiger partial charge is 0.460 e. The highest BCUT2D eigenvalue weighted by Gasteiger charge is 2.36. The average Bonchev–Trinajstić information content (AvgIpc) is 2.31. The summed E-state index contributed by atoms with van der Waals surface area (Å²) >= 11 is 0. The first kappa shape index (κ1) is 16.3. The molecule has 4 heteroatoms. The van der Waals surface area contributed by atoms with Crippen molar-refractivity contribution in [3.05, 3.63) is 6.04 Å². The van der Waals surface area contributed by atoms with Crippen molar-refractivity contribution in [3.8, 4) is 0 Å². The molecule has 1 aliphatic carbocycles. The molecule has 0 aromatic rings. The van der Waals surface area contributed by atoms with Gasteiger partial charge in [0.1, 0.15) is 0 Å². The van der Waals surface area contributed by atoms with Crippen molar-refractivity contribution in [3.63, 3.8) is 0 Å². The Hall–Kier alpha value is 0.202. The third-order valence-electron chi connectivity index (χ3n) is 3.95. The fourth-order valence-electron chi connectivity index (χ4n) is 3.03. The lowest BCUT2D eigenvalue weighted by atomic mass is 9.58. The molecular weight excluding hydrogens is 239 g/mol. The highest BCUT2D eigenvalue weighted by molar-refractivity contribution is 6.79. The molecular formula is C14H29BO2Si. The molecule has 0 saturated heterocycles. The summed E-state index contributed by atoms with van der Waals surface area (Å²) in [5, 5.41) is 0. The van der Waals surface area contributed by atoms with E-state index in [0.717, 1.165) is 12.3 Å². The zero-order valence-electron chi connectivity index (χ0n) is 12.8. The topological polar surface area (TPSA) is 18.5 Å². The summed E-state index contributed by atoms with van der Waals surface area (Å²) < 4.78 is 11.0. The van der Waals surface area contributed by atoms with Gasteiger partial charge in [0.05, 0.1) is 8.07 Å². The minimum absolute atomic E-state index is 0.0119. The van der Waals surface area contributed by atoms with E-state index >= 15 is 0 Å². The number of rotatable bonds is 7. The van der Waals surface area contributed by atoms with Gasteiger partial charge in [-0.15, -0.1) is 0 Å². The average molecular weight is 268 g/mol. The molecule has 0 aromatic heterocycles. The van der Waals surface area contributed by atoms with E-state index in [1.54, 1.807) is 14.2 Å². The second-order valence-corrected chi connectivity index (χ2v) is 11.4. The van der Waals surface area contributed by atoms with Crippen LogP contribution >= 0.6 is 0 Å². The summed E-state index contributed by atoms with van der Waals surface area (Å²) in [4.78, 5) is 0. The van der Waals surface area contributed by atoms with Crippen LogP contribution < -0.4 is 0 Å². The van der Waals surface area contributed by atoms with Crippen LogP contribution in [0, 0.1) is 12.0 Å². The molecule has 0 amide bonds. The lowest BCUT2D eigenvalue weighted by molar-refractivity contribution is 0.222. The van der Waals surface area contributed by atoms with Gasteiger partial charge in [-0.2, -0.15) is 0 Å². The summed E-state index contributed by atoms with van der Waals surface area (Å²) in [6.07, 6.45) is 7.69. The molecule has 1 aliphatic rings. The number of hydrogen-bond donors (Lipinski definition) is 0. The third kappa shape index (κ3) is 5.45. The molecule has 0 bridgehead atoms. The fourth-order valence-corrected chi connectivity index (χ4v) is 3.93. The Bertz CT molecular complexity index is 226. The summed E-state index contributed by atoms with van der Waals surface area (Å²) in [6, 6.07) is 3.72. The summed E-state index contributed by atoms with van der Waals surface area (Å²) in [7, 11) is 2.40. The molecule has 0 N–H and O–H groups in total. The van der Waals surface area contributed by atoms with Crippen molar-refractivity contribution in [2.45, 2.75) is 64.0 Å². The molecule has 1 saturated carbocycles. The molecule has 18 heavy (non-hydrogen) atoms. The van der Waals surface area contributed by atoms with Gasteiger partial charge >= 0.3 is 7.12 Å². The van der Waals surface area contributed by atoms with E-state index in [1.165, 1.54) is 32.1 Å². The highest BCUT2D eigenvalue weighted by atomic mass is 28.3. The lowest BCUT2D eigenvalue weighted by Gasteiger charge is -2.33. The Labute approximate surface area is 115 Å². The van der Waals surface area contributed by atoms with Crippen LogP contribution in [0.5, 0.6) is 0 Å². The normalized spacial score (nSPS) is 25.2. The Morgan fingerprint density at radius 3 is 2.28 bits per heavy atom. The zero-order valence-corrected chi connectivity index (χ0v) is 13.8. The zero-order chi connectivity index (χ0) is 13.6. The van der Waals surface area contributed by atoms with E-state index in [4.69, 9.17) is 9.31 Å². The first-order valence-electron chi connectivity index (χ1n) is 7.28. The summed E-state index contributed by atoms with van der Waals surface area (Å²) in [5.74, 6) is 1.34. The maximum atomic E-state index is 5.48. The van der Waals surface area contributed by atoms with Crippen LogP contribution in [-0.2, 0) is 9.31 Å². The minimum atomic E-state index is -1.12. The van der Waals surface area contributed by atoms with Gasteiger partial charge in [-0.1, -0.05) is 51.7 Å². The van der Waals surface area contributed by atoms with Gasteiger partial charge in [-0.3, -0.25) is 0 Å². The summed E-state index contributed by atoms with van der Waals surface area (Å²) in [5.41, 5.74) is 0. The van der Waals surface area contributed by atoms with Gasteiger partial charge in [-0.25, -0.2) is 0 Å². The van der Waals surface area contributed by atoms with Crippen molar-refractivity contribution < 1.29 is 9.31 Å². The maximum Gasteiger partial charge on any atom is 0.460 e. The van der Waals surface area contributed by atoms with Crippen LogP contribution in [-0.4, -0.2) is 29.4 Å². The van der Waals surface area contributed by atoms with Gasteiger partial charge < -0.3 is 9.31 Å². The SMILES string of the molecule is COB(OC)C1CCCCC1CC[C][Si](C)(C)C. The van der Waals surface area contributed by atoms with E-state index in [2.05, 4.69) is 25.7 Å². The van der Waals surface area contributed by atoms with Crippen molar-refractivity contribution in [2.75, 3.05) is 14.2 Å². The Balaban J connectivity index is 2.44. The minimum Gasteiger partial charge on any atom is -0.414 e. The molecule has 0 heterocycles. The Morgan fingerprint density at radius 2 is 1.72 bits per heavy atom. The standard InChI is InChI=1S/C14H29BO2Si/c1-16-15(17-2)14-11-7-6-9-13(14)10-8-12-18(3,4)5/h13-14H,6-11H2,1-5H3. The van der Waals surface area contributed by atoms with Crippen LogP contribution in [0.1, 0.15) is 38.5 Å². The molecule has 0 spiro atoms. The van der Waals surface area contributed by atoms with Gasteiger partial charge in [0.2, 0.25) is 0 Å². The van der Waals surface area contributed by atoms with Crippen LogP contribution in [0.25, 0.3) is 0 Å². The quantitative estimate of drug-likeness (QED) is 0.648. The fraction of sp³-hybridized carbons (Fsp3) is 0.929. The predicted molar refractivity (Wildman–Crippen MR) is 81.3 cm³/mol. The Morgan fingerprint density at radius 1 is 1.11 bits per heavy atom. The van der Waals surface area contributed by atoms with Crippen LogP contribution in [0.3, 0.4) is 0 Å². The predicted octanol–water partition coefficient (Wildman–Crippen LogP) is 4.07. The van der Waals surface area contributed by atoms with Crippen LogP contribution in [0.15, 0.2) is 0 Å². The highest BCUT2D eigenvalue weighted by Crippen LogP contribution is 2.40. The summed E-state index contributed by atoms with van der Waals surface area (Å²) in [6.45, 7) is 7.08. The van der Waals surface area contributed by atoms with Crippen molar-refractivity contribution in [1.29, 1.82) is 0 Å². The van der Waals surface area contributed by atoms with Gasteiger partial charge in [-0.05, 0) is 24.2 Å². The molecule has 104 valence electrons. The second kappa shape index (κ2) is 7.71. The molecule has 2 radical (unpaired) electrons. The molecule has 0 aliphatic heterocycles. The van der Waals surface area contributed by atoms with Crippen LogP contribution in [0.2, 0.25) is 25.5 Å². The van der Waals surface area contributed by atoms with Crippen molar-refractivity contribution in [2.24, 2.45) is 5.92 Å². The van der Waals surface area contributed by atoms with Crippen molar-refractivity contribution >= 4 is 15.2 Å². The lowest BCUT2D eigenvalue weighted by Crippen LogP contribution is -2.33. The molecule has 0 aromatic carbocycles. The van der Waals surface area contributed by atoms with E-state index in [-0.39, 0.29) is 7.12 Å². The third-order valence-corrected chi connectivity index (χ3v) is 5.26. The maximum absolute atomic E-state index is 5.48. The molecule has 1 rings (SSSR count). The van der Waals surface area contributed by atoms with Crippen molar-refractivity contribution in [1.82, 2.24) is 0 Å². The van der Waals surface area contributed by atoms with Gasteiger partial charge in [0, 0.05) is 14.2 Å². The molecule has 2 atom stereocenters. The van der Waals surface area contributed by atoms with Gasteiger partial charge in [0.25, 0.3) is 0 Å². The molecule has 2 unspecified atom stereocenters. The van der Waals surface area contributed by atoms with Crippen LogP contribution in [0.4, 0.5) is 0 Å². The number of hydrogen-bond acceptors (Lipinski definition) is 2. The first-order valence-corrected chi connectivity index (χ1v) is 10.8. The molecule has 2 nitrogen and oxygen atoms in total. The first-order chi connectivity index (χ1) is 8.48. The molecule has 1 fully saturated rings. The van der Waals surface area contributed by atoms with Gasteiger partial charge in [0.15, 0.2) is 0 Å². The monoisotopic (exact) mass is 268 g/mol. The van der Waals surface area contributed by atoms with E-state index < -0.39 is 8.07 Å². The smallest absolute Gasteiger partial charge is 0.414 e. The second-order valence-electron chi connectivity index (χ2n) is 6.51.